The average molecular weight is 285 g/mol. The zero-order chi connectivity index (χ0) is 13.8. The molecule has 1 aliphatic heterocycles. The molecule has 0 aromatic rings. The van der Waals surface area contributed by atoms with Crippen LogP contribution in [0.4, 0.5) is 8.78 Å². The van der Waals surface area contributed by atoms with Crippen LogP contribution in [-0.2, 0) is 10.2 Å². The first-order valence-electron chi connectivity index (χ1n) is 6.14. The monoisotopic (exact) mass is 285 g/mol. The van der Waals surface area contributed by atoms with Crippen LogP contribution < -0.4 is 5.73 Å². The van der Waals surface area contributed by atoms with Gasteiger partial charge >= 0.3 is 0 Å². The van der Waals surface area contributed by atoms with Gasteiger partial charge < -0.3 is 5.73 Å². The second kappa shape index (κ2) is 6.74. The molecule has 1 rings (SSSR count). The molecule has 5 nitrogen and oxygen atoms in total. The van der Waals surface area contributed by atoms with E-state index in [0.717, 1.165) is 23.6 Å². The number of rotatable bonds is 6. The summed E-state index contributed by atoms with van der Waals surface area (Å²) in [7, 11) is -3.82. The van der Waals surface area contributed by atoms with Gasteiger partial charge in [0.2, 0.25) is 0 Å². The predicted octanol–water partition coefficient (Wildman–Crippen LogP) is 0.631. The smallest absolute Gasteiger partial charge is 0.282 e. The number of hydrogen-bond acceptors (Lipinski definition) is 3. The average Bonchev–Trinajstić information content (AvgIpc) is 2.28. The highest BCUT2D eigenvalue weighted by Crippen LogP contribution is 2.22. The van der Waals surface area contributed by atoms with Gasteiger partial charge in [-0.2, -0.15) is 17.0 Å². The summed E-state index contributed by atoms with van der Waals surface area (Å²) in [6.07, 6.45) is -0.177. The zero-order valence-electron chi connectivity index (χ0n) is 10.6. The van der Waals surface area contributed by atoms with Crippen molar-refractivity contribution in [2.75, 3.05) is 26.2 Å². The van der Waals surface area contributed by atoms with Crippen molar-refractivity contribution in [1.82, 2.24) is 8.61 Å². The van der Waals surface area contributed by atoms with Crippen LogP contribution >= 0.6 is 0 Å². The Morgan fingerprint density at radius 3 is 2.61 bits per heavy atom. The molecule has 0 spiro atoms. The second-order valence-electron chi connectivity index (χ2n) is 4.50. The minimum atomic E-state index is -3.82. The molecule has 1 aliphatic rings. The lowest BCUT2D eigenvalue weighted by molar-refractivity contribution is 0.115. The van der Waals surface area contributed by atoms with Crippen molar-refractivity contribution < 1.29 is 17.2 Å². The van der Waals surface area contributed by atoms with E-state index in [-0.39, 0.29) is 19.1 Å². The maximum atomic E-state index is 12.4. The summed E-state index contributed by atoms with van der Waals surface area (Å²) in [6.45, 7) is 1.38. The number of alkyl halides is 2. The van der Waals surface area contributed by atoms with Gasteiger partial charge in [0, 0.05) is 25.7 Å². The largest absolute Gasteiger partial charge is 0.329 e. The molecule has 0 aliphatic carbocycles. The van der Waals surface area contributed by atoms with Crippen LogP contribution in [0.2, 0.25) is 0 Å². The third-order valence-electron chi connectivity index (χ3n) is 3.08. The van der Waals surface area contributed by atoms with E-state index in [1.54, 1.807) is 6.92 Å². The summed E-state index contributed by atoms with van der Waals surface area (Å²) in [4.78, 5) is 0. The van der Waals surface area contributed by atoms with Crippen molar-refractivity contribution in [1.29, 1.82) is 0 Å². The molecule has 108 valence electrons. The SMILES string of the molecule is CC1CCCCN1S(=O)(=O)N(CCN)CC(F)F. The van der Waals surface area contributed by atoms with Crippen molar-refractivity contribution in [3.05, 3.63) is 0 Å². The van der Waals surface area contributed by atoms with E-state index in [9.17, 15) is 17.2 Å². The van der Waals surface area contributed by atoms with Gasteiger partial charge in [0.15, 0.2) is 0 Å². The fourth-order valence-corrected chi connectivity index (χ4v) is 4.02. The molecule has 0 saturated carbocycles. The minimum Gasteiger partial charge on any atom is -0.329 e. The quantitative estimate of drug-likeness (QED) is 0.778. The summed E-state index contributed by atoms with van der Waals surface area (Å²) >= 11 is 0. The Labute approximate surface area is 107 Å². The molecule has 8 heteroatoms. The molecule has 1 unspecified atom stereocenters. The van der Waals surface area contributed by atoms with Crippen molar-refractivity contribution in [3.63, 3.8) is 0 Å². The molecule has 0 radical (unpaired) electrons. The van der Waals surface area contributed by atoms with Gasteiger partial charge in [-0.3, -0.25) is 0 Å². The van der Waals surface area contributed by atoms with Crippen LogP contribution in [0.15, 0.2) is 0 Å². The topological polar surface area (TPSA) is 66.6 Å². The number of nitrogens with zero attached hydrogens (tertiary/aromatic N) is 2. The molecule has 18 heavy (non-hydrogen) atoms. The molecular weight excluding hydrogens is 264 g/mol. The minimum absolute atomic E-state index is 0.0359. The number of hydrogen-bond donors (Lipinski definition) is 1. The van der Waals surface area contributed by atoms with Gasteiger partial charge in [-0.15, -0.1) is 0 Å². The second-order valence-corrected chi connectivity index (χ2v) is 6.38. The van der Waals surface area contributed by atoms with E-state index in [2.05, 4.69) is 0 Å². The van der Waals surface area contributed by atoms with Gasteiger partial charge in [0.05, 0.1) is 6.54 Å². The Morgan fingerprint density at radius 1 is 1.44 bits per heavy atom. The highest BCUT2D eigenvalue weighted by atomic mass is 32.2. The van der Waals surface area contributed by atoms with Crippen LogP contribution in [0.25, 0.3) is 0 Å². The lowest BCUT2D eigenvalue weighted by Gasteiger charge is -2.36. The van der Waals surface area contributed by atoms with Gasteiger partial charge in [-0.25, -0.2) is 8.78 Å². The first kappa shape index (κ1) is 15.7. The van der Waals surface area contributed by atoms with E-state index in [0.29, 0.717) is 6.54 Å². The Morgan fingerprint density at radius 2 is 2.11 bits per heavy atom. The molecule has 1 fully saturated rings. The number of piperidine rings is 1. The summed E-state index contributed by atoms with van der Waals surface area (Å²) < 4.78 is 51.5. The van der Waals surface area contributed by atoms with Crippen molar-refractivity contribution >= 4 is 10.2 Å². The summed E-state index contributed by atoms with van der Waals surface area (Å²) in [6, 6.07) is -0.137. The van der Waals surface area contributed by atoms with Crippen molar-refractivity contribution in [3.8, 4) is 0 Å². The van der Waals surface area contributed by atoms with Gasteiger partial charge in [-0.1, -0.05) is 6.42 Å². The maximum absolute atomic E-state index is 12.4. The predicted molar refractivity (Wildman–Crippen MR) is 65.6 cm³/mol. The third-order valence-corrected chi connectivity index (χ3v) is 5.20. The maximum Gasteiger partial charge on any atom is 0.282 e. The Bertz CT molecular complexity index is 351. The summed E-state index contributed by atoms with van der Waals surface area (Å²) in [5.74, 6) is 0. The number of nitrogens with two attached hydrogens (primary N) is 1. The molecule has 1 saturated heterocycles. The van der Waals surface area contributed by atoms with Crippen LogP contribution in [0.3, 0.4) is 0 Å². The van der Waals surface area contributed by atoms with Crippen LogP contribution in [-0.4, -0.2) is 55.7 Å². The van der Waals surface area contributed by atoms with E-state index < -0.39 is 23.2 Å². The summed E-state index contributed by atoms with van der Waals surface area (Å²) in [5, 5.41) is 0. The lowest BCUT2D eigenvalue weighted by Crippen LogP contribution is -2.51. The number of halogens is 2. The van der Waals surface area contributed by atoms with Crippen molar-refractivity contribution in [2.45, 2.75) is 38.7 Å². The molecule has 2 N–H and O–H groups in total. The first-order chi connectivity index (χ1) is 8.39. The van der Waals surface area contributed by atoms with Gasteiger partial charge in [0.1, 0.15) is 0 Å². The molecular formula is C10H21F2N3O2S. The highest BCUT2D eigenvalue weighted by molar-refractivity contribution is 7.86. The van der Waals surface area contributed by atoms with E-state index in [1.807, 2.05) is 0 Å². The zero-order valence-corrected chi connectivity index (χ0v) is 11.4. The molecule has 0 aromatic heterocycles. The Hall–Kier alpha value is -0.310. The molecule has 1 atom stereocenters. The fraction of sp³-hybridized carbons (Fsp3) is 1.00. The standard InChI is InChI=1S/C10H21F2N3O2S/c1-9-4-2-3-6-15(9)18(16,17)14(7-5-13)8-10(11)12/h9-10H,2-8,13H2,1H3. The lowest BCUT2D eigenvalue weighted by atomic mass is 10.1. The van der Waals surface area contributed by atoms with Crippen LogP contribution in [0.5, 0.6) is 0 Å². The summed E-state index contributed by atoms with van der Waals surface area (Å²) in [5.41, 5.74) is 5.30. The van der Waals surface area contributed by atoms with Gasteiger partial charge in [0.25, 0.3) is 16.6 Å². The normalized spacial score (nSPS) is 22.9. The third kappa shape index (κ3) is 3.84. The Balaban J connectivity index is 2.85. The fourth-order valence-electron chi connectivity index (χ4n) is 2.16. The first-order valence-corrected chi connectivity index (χ1v) is 7.54. The van der Waals surface area contributed by atoms with Crippen LogP contribution in [0.1, 0.15) is 26.2 Å². The Kier molecular flexibility index (Phi) is 5.90. The van der Waals surface area contributed by atoms with Crippen molar-refractivity contribution in [2.24, 2.45) is 5.73 Å². The van der Waals surface area contributed by atoms with Crippen LogP contribution in [0, 0.1) is 0 Å². The van der Waals surface area contributed by atoms with Gasteiger partial charge in [-0.05, 0) is 19.8 Å². The molecule has 0 amide bonds. The molecule has 0 bridgehead atoms. The van der Waals surface area contributed by atoms with E-state index in [1.165, 1.54) is 4.31 Å². The molecule has 0 aromatic carbocycles. The van der Waals surface area contributed by atoms with E-state index >= 15 is 0 Å². The molecule has 1 heterocycles. The van der Waals surface area contributed by atoms with E-state index in [4.69, 9.17) is 5.73 Å². The highest BCUT2D eigenvalue weighted by Gasteiger charge is 2.35.